The SMILES string of the molecule is CON(C)S(=O)(=O)c1cccc(C(=O)NNC(=O)c2ccccc2Cl)c1. The third kappa shape index (κ3) is 4.38. The number of sulfonamides is 1. The fraction of sp³-hybridized carbons (Fsp3) is 0.125. The highest BCUT2D eigenvalue weighted by molar-refractivity contribution is 7.89. The molecule has 2 aromatic carbocycles. The van der Waals surface area contributed by atoms with Crippen molar-refractivity contribution >= 4 is 33.4 Å². The van der Waals surface area contributed by atoms with Gasteiger partial charge in [0.2, 0.25) is 0 Å². The first-order valence-corrected chi connectivity index (χ1v) is 9.07. The molecule has 0 aliphatic heterocycles. The zero-order valence-electron chi connectivity index (χ0n) is 13.9. The van der Waals surface area contributed by atoms with Crippen LogP contribution in [0.2, 0.25) is 5.02 Å². The monoisotopic (exact) mass is 397 g/mol. The lowest BCUT2D eigenvalue weighted by atomic mass is 10.2. The average molecular weight is 398 g/mol. The lowest BCUT2D eigenvalue weighted by Crippen LogP contribution is -2.41. The van der Waals surface area contributed by atoms with Gasteiger partial charge in [0.1, 0.15) is 0 Å². The van der Waals surface area contributed by atoms with E-state index in [1.807, 2.05) is 0 Å². The van der Waals surface area contributed by atoms with Gasteiger partial charge in [0, 0.05) is 12.6 Å². The summed E-state index contributed by atoms with van der Waals surface area (Å²) in [6.45, 7) is 0. The third-order valence-corrected chi connectivity index (χ3v) is 5.40. The maximum Gasteiger partial charge on any atom is 0.271 e. The number of hydroxylamine groups is 1. The molecule has 2 N–H and O–H groups in total. The molecule has 0 heterocycles. The number of amides is 2. The van der Waals surface area contributed by atoms with Gasteiger partial charge in [0.05, 0.1) is 22.6 Å². The highest BCUT2D eigenvalue weighted by Gasteiger charge is 2.22. The topological polar surface area (TPSA) is 105 Å². The van der Waals surface area contributed by atoms with Crippen LogP contribution in [0.25, 0.3) is 0 Å². The first-order chi connectivity index (χ1) is 12.3. The molecule has 138 valence electrons. The van der Waals surface area contributed by atoms with Crippen molar-refractivity contribution in [1.82, 2.24) is 15.3 Å². The van der Waals surface area contributed by atoms with Crippen LogP contribution < -0.4 is 10.9 Å². The largest absolute Gasteiger partial charge is 0.288 e. The van der Waals surface area contributed by atoms with Gasteiger partial charge in [-0.2, -0.15) is 0 Å². The smallest absolute Gasteiger partial charge is 0.271 e. The number of carbonyl (C=O) groups is 2. The van der Waals surface area contributed by atoms with Crippen molar-refractivity contribution in [3.63, 3.8) is 0 Å². The van der Waals surface area contributed by atoms with Crippen LogP contribution in [0.15, 0.2) is 53.4 Å². The number of hydrogen-bond donors (Lipinski definition) is 2. The van der Waals surface area contributed by atoms with Crippen molar-refractivity contribution in [3.8, 4) is 0 Å². The zero-order chi connectivity index (χ0) is 19.3. The van der Waals surface area contributed by atoms with Gasteiger partial charge in [-0.3, -0.25) is 25.3 Å². The number of hydrogen-bond acceptors (Lipinski definition) is 5. The molecule has 0 unspecified atom stereocenters. The van der Waals surface area contributed by atoms with Crippen LogP contribution >= 0.6 is 11.6 Å². The van der Waals surface area contributed by atoms with Crippen LogP contribution in [-0.4, -0.2) is 38.9 Å². The van der Waals surface area contributed by atoms with Crippen molar-refractivity contribution in [3.05, 3.63) is 64.7 Å². The summed E-state index contributed by atoms with van der Waals surface area (Å²) in [5.41, 5.74) is 4.66. The molecule has 2 rings (SSSR count). The summed E-state index contributed by atoms with van der Waals surface area (Å²) >= 11 is 5.91. The molecular weight excluding hydrogens is 382 g/mol. The van der Waals surface area contributed by atoms with Crippen LogP contribution in [0.1, 0.15) is 20.7 Å². The minimum absolute atomic E-state index is 0.0371. The van der Waals surface area contributed by atoms with Crippen molar-refractivity contribution in [2.24, 2.45) is 0 Å². The van der Waals surface area contributed by atoms with Gasteiger partial charge in [0.15, 0.2) is 0 Å². The van der Waals surface area contributed by atoms with Crippen LogP contribution in [0.4, 0.5) is 0 Å². The second kappa shape index (κ2) is 8.28. The molecule has 0 aliphatic rings. The van der Waals surface area contributed by atoms with E-state index < -0.39 is 21.8 Å². The molecule has 2 aromatic rings. The fourth-order valence-electron chi connectivity index (χ4n) is 1.94. The summed E-state index contributed by atoms with van der Waals surface area (Å²) < 4.78 is 25.1. The first kappa shape index (κ1) is 19.9. The Bertz CT molecular complexity index is 933. The lowest BCUT2D eigenvalue weighted by molar-refractivity contribution is -0.0258. The van der Waals surface area contributed by atoms with E-state index in [4.69, 9.17) is 11.6 Å². The van der Waals surface area contributed by atoms with Crippen molar-refractivity contribution in [2.45, 2.75) is 4.90 Å². The van der Waals surface area contributed by atoms with E-state index in [0.717, 1.165) is 0 Å². The molecule has 0 saturated heterocycles. The number of hydrazine groups is 1. The molecule has 26 heavy (non-hydrogen) atoms. The second-order valence-corrected chi connectivity index (χ2v) is 7.36. The Morgan fingerprint density at radius 3 is 2.35 bits per heavy atom. The van der Waals surface area contributed by atoms with E-state index >= 15 is 0 Å². The summed E-state index contributed by atoms with van der Waals surface area (Å²) in [4.78, 5) is 28.8. The van der Waals surface area contributed by atoms with Gasteiger partial charge in [-0.05, 0) is 30.3 Å². The molecule has 2 amide bonds. The maximum absolute atomic E-state index is 12.2. The quantitative estimate of drug-likeness (QED) is 0.745. The fourth-order valence-corrected chi connectivity index (χ4v) is 3.18. The lowest BCUT2D eigenvalue weighted by Gasteiger charge is -2.14. The Balaban J connectivity index is 2.12. The molecular formula is C16H16ClN3O5S. The Kier molecular flexibility index (Phi) is 6.32. The predicted octanol–water partition coefficient (Wildman–Crippen LogP) is 1.60. The van der Waals surface area contributed by atoms with Gasteiger partial charge in [-0.15, -0.1) is 0 Å². The van der Waals surface area contributed by atoms with E-state index in [9.17, 15) is 18.0 Å². The summed E-state index contributed by atoms with van der Waals surface area (Å²) in [7, 11) is -1.46. The van der Waals surface area contributed by atoms with Crippen molar-refractivity contribution in [2.75, 3.05) is 14.2 Å². The Labute approximate surface area is 155 Å². The van der Waals surface area contributed by atoms with Gasteiger partial charge in [-0.1, -0.05) is 34.3 Å². The standard InChI is InChI=1S/C16H16ClN3O5S/c1-20(25-2)26(23,24)12-7-5-6-11(10-12)15(21)18-19-16(22)13-8-3-4-9-14(13)17/h3-10H,1-2H3,(H,18,21)(H,19,22). The number of rotatable bonds is 5. The number of halogens is 1. The molecule has 0 bridgehead atoms. The normalized spacial score (nSPS) is 11.2. The maximum atomic E-state index is 12.2. The molecule has 0 radical (unpaired) electrons. The molecule has 0 atom stereocenters. The number of nitrogens with zero attached hydrogens (tertiary/aromatic N) is 1. The van der Waals surface area contributed by atoms with E-state index in [2.05, 4.69) is 15.7 Å². The van der Waals surface area contributed by atoms with Gasteiger partial charge < -0.3 is 0 Å². The molecule has 8 nitrogen and oxygen atoms in total. The molecule has 0 spiro atoms. The number of carbonyl (C=O) groups excluding carboxylic acids is 2. The second-order valence-electron chi connectivity index (χ2n) is 5.01. The van der Waals surface area contributed by atoms with E-state index in [0.29, 0.717) is 4.47 Å². The van der Waals surface area contributed by atoms with Crippen molar-refractivity contribution < 1.29 is 22.8 Å². The summed E-state index contributed by atoms with van der Waals surface area (Å²) in [6.07, 6.45) is 0. The molecule has 0 aliphatic carbocycles. The molecule has 0 fully saturated rings. The van der Waals surface area contributed by atoms with E-state index in [-0.39, 0.29) is 21.0 Å². The number of benzene rings is 2. The van der Waals surface area contributed by atoms with Gasteiger partial charge >= 0.3 is 0 Å². The minimum Gasteiger partial charge on any atom is -0.288 e. The third-order valence-electron chi connectivity index (χ3n) is 3.40. The van der Waals surface area contributed by atoms with Crippen LogP contribution in [0.3, 0.4) is 0 Å². The Hall–Kier alpha value is -2.46. The molecule has 0 aromatic heterocycles. The Morgan fingerprint density at radius 1 is 1.04 bits per heavy atom. The molecule has 10 heteroatoms. The average Bonchev–Trinajstić information content (AvgIpc) is 2.65. The predicted molar refractivity (Wildman–Crippen MR) is 94.8 cm³/mol. The Morgan fingerprint density at radius 2 is 1.69 bits per heavy atom. The zero-order valence-corrected chi connectivity index (χ0v) is 15.5. The van der Waals surface area contributed by atoms with Crippen LogP contribution in [0, 0.1) is 0 Å². The van der Waals surface area contributed by atoms with E-state index in [1.54, 1.807) is 18.2 Å². The summed E-state index contributed by atoms with van der Waals surface area (Å²) in [6, 6.07) is 11.6. The highest BCUT2D eigenvalue weighted by atomic mass is 35.5. The summed E-state index contributed by atoms with van der Waals surface area (Å²) in [5.74, 6) is -1.30. The van der Waals surface area contributed by atoms with Crippen LogP contribution in [0.5, 0.6) is 0 Å². The number of nitrogens with one attached hydrogen (secondary N) is 2. The minimum atomic E-state index is -3.90. The van der Waals surface area contributed by atoms with Gasteiger partial charge in [0.25, 0.3) is 21.8 Å². The van der Waals surface area contributed by atoms with Crippen LogP contribution in [-0.2, 0) is 14.9 Å². The molecule has 0 saturated carbocycles. The van der Waals surface area contributed by atoms with Crippen molar-refractivity contribution in [1.29, 1.82) is 0 Å². The first-order valence-electron chi connectivity index (χ1n) is 7.25. The summed E-state index contributed by atoms with van der Waals surface area (Å²) in [5, 5.41) is 0.231. The highest BCUT2D eigenvalue weighted by Crippen LogP contribution is 2.16. The van der Waals surface area contributed by atoms with E-state index in [1.165, 1.54) is 44.5 Å². The van der Waals surface area contributed by atoms with Gasteiger partial charge in [-0.25, -0.2) is 8.42 Å².